The van der Waals surface area contributed by atoms with Gasteiger partial charge in [-0.15, -0.1) is 0 Å². The largest absolute Gasteiger partial charge is 0.493 e. The van der Waals surface area contributed by atoms with E-state index >= 15 is 0 Å². The number of aromatic nitrogens is 1. The standard InChI is InChI=1S/C27H28N4O5S/c1-5-13-36-26(33)23-17(2)30-27-31(24(23)20-10-8-11-21(34-3)25(20)35-4)19(16-37-27)14-22(32)29-15-18-9-6-7-12-28-18/h5-12,16,24H,1,13-15H2,2-4H3,(H,29,32)/t24-/m1/s1. The van der Waals surface area contributed by atoms with E-state index in [0.29, 0.717) is 45.7 Å². The van der Waals surface area contributed by atoms with Crippen molar-refractivity contribution in [1.82, 2.24) is 15.2 Å². The highest BCUT2D eigenvalue weighted by molar-refractivity contribution is 8.16. The van der Waals surface area contributed by atoms with Gasteiger partial charge in [0.2, 0.25) is 5.91 Å². The van der Waals surface area contributed by atoms with E-state index in [0.717, 1.165) is 5.69 Å². The second-order valence-electron chi connectivity index (χ2n) is 8.14. The summed E-state index contributed by atoms with van der Waals surface area (Å²) in [5.41, 5.74) is 3.01. The van der Waals surface area contributed by atoms with Gasteiger partial charge in [0.15, 0.2) is 16.7 Å². The van der Waals surface area contributed by atoms with Crippen LogP contribution in [0.4, 0.5) is 0 Å². The number of amides is 1. The normalized spacial score (nSPS) is 16.4. The zero-order chi connectivity index (χ0) is 26.4. The molecule has 0 saturated carbocycles. The third kappa shape index (κ3) is 5.54. The van der Waals surface area contributed by atoms with Crippen LogP contribution in [-0.2, 0) is 20.9 Å². The summed E-state index contributed by atoms with van der Waals surface area (Å²) in [7, 11) is 3.10. The van der Waals surface area contributed by atoms with Gasteiger partial charge in [0, 0.05) is 17.5 Å². The van der Waals surface area contributed by atoms with Gasteiger partial charge in [-0.25, -0.2) is 9.79 Å². The zero-order valence-electron chi connectivity index (χ0n) is 20.9. The van der Waals surface area contributed by atoms with Gasteiger partial charge < -0.3 is 24.4 Å². The van der Waals surface area contributed by atoms with E-state index < -0.39 is 12.0 Å². The number of ether oxygens (including phenoxy) is 3. The molecule has 9 nitrogen and oxygen atoms in total. The number of thioether (sulfide) groups is 1. The number of nitrogens with zero attached hydrogens (tertiary/aromatic N) is 3. The molecule has 3 heterocycles. The Morgan fingerprint density at radius 3 is 2.73 bits per heavy atom. The first kappa shape index (κ1) is 26.0. The topological polar surface area (TPSA) is 102 Å². The smallest absolute Gasteiger partial charge is 0.338 e. The fourth-order valence-electron chi connectivity index (χ4n) is 4.18. The molecule has 2 aromatic rings. The average Bonchev–Trinajstić information content (AvgIpc) is 3.31. The minimum atomic E-state index is -0.653. The van der Waals surface area contributed by atoms with E-state index in [1.54, 1.807) is 33.4 Å². The molecular formula is C27H28N4O5S. The average molecular weight is 521 g/mol. The molecule has 0 bridgehead atoms. The number of hydrogen-bond donors (Lipinski definition) is 1. The minimum absolute atomic E-state index is 0.0571. The molecule has 1 atom stereocenters. The molecule has 2 aliphatic heterocycles. The number of nitrogens with one attached hydrogen (secondary N) is 1. The summed E-state index contributed by atoms with van der Waals surface area (Å²) >= 11 is 1.40. The van der Waals surface area contributed by atoms with Crippen LogP contribution in [0.25, 0.3) is 0 Å². The lowest BCUT2D eigenvalue weighted by atomic mass is 9.92. The fraction of sp³-hybridized carbons (Fsp3) is 0.259. The number of carbonyl (C=O) groups excluding carboxylic acids is 2. The Hall–Kier alpha value is -4.05. The number of rotatable bonds is 10. The molecule has 37 heavy (non-hydrogen) atoms. The maximum atomic E-state index is 13.3. The van der Waals surface area contributed by atoms with Gasteiger partial charge in [-0.1, -0.05) is 42.6 Å². The monoisotopic (exact) mass is 520 g/mol. The molecule has 1 N–H and O–H groups in total. The molecule has 0 radical (unpaired) electrons. The summed E-state index contributed by atoms with van der Waals surface area (Å²) in [5, 5.41) is 5.44. The molecule has 192 valence electrons. The zero-order valence-corrected chi connectivity index (χ0v) is 21.7. The van der Waals surface area contributed by atoms with E-state index in [-0.39, 0.29) is 18.9 Å². The summed E-state index contributed by atoms with van der Waals surface area (Å²) < 4.78 is 16.7. The summed E-state index contributed by atoms with van der Waals surface area (Å²) in [6, 6.07) is 10.4. The number of para-hydroxylation sites is 1. The lowest BCUT2D eigenvalue weighted by Gasteiger charge is -2.37. The van der Waals surface area contributed by atoms with Gasteiger partial charge >= 0.3 is 5.97 Å². The van der Waals surface area contributed by atoms with Crippen LogP contribution in [0.3, 0.4) is 0 Å². The second-order valence-corrected chi connectivity index (χ2v) is 8.97. The second kappa shape index (κ2) is 11.8. The Labute approximate surface area is 219 Å². The lowest BCUT2D eigenvalue weighted by Crippen LogP contribution is -2.38. The Morgan fingerprint density at radius 2 is 2.03 bits per heavy atom. The highest BCUT2D eigenvalue weighted by atomic mass is 32.2. The van der Waals surface area contributed by atoms with Crippen LogP contribution in [0.1, 0.15) is 30.6 Å². The molecule has 1 aromatic heterocycles. The Balaban J connectivity index is 1.69. The molecule has 1 aromatic carbocycles. The van der Waals surface area contributed by atoms with Crippen LogP contribution in [0, 0.1) is 0 Å². The molecule has 0 spiro atoms. The highest BCUT2D eigenvalue weighted by Gasteiger charge is 2.42. The Bertz CT molecular complexity index is 1290. The molecule has 0 fully saturated rings. The Morgan fingerprint density at radius 1 is 1.19 bits per heavy atom. The number of carbonyl (C=O) groups is 2. The van der Waals surface area contributed by atoms with E-state index in [1.807, 2.05) is 40.6 Å². The number of aliphatic imine (C=N–C) groups is 1. The van der Waals surface area contributed by atoms with Crippen molar-refractivity contribution >= 4 is 28.8 Å². The first-order valence-corrected chi connectivity index (χ1v) is 12.5. The van der Waals surface area contributed by atoms with Gasteiger partial charge in [-0.3, -0.25) is 9.78 Å². The van der Waals surface area contributed by atoms with E-state index in [4.69, 9.17) is 14.2 Å². The minimum Gasteiger partial charge on any atom is -0.493 e. The van der Waals surface area contributed by atoms with Crippen LogP contribution in [0.15, 0.2) is 82.6 Å². The van der Waals surface area contributed by atoms with Crippen molar-refractivity contribution in [1.29, 1.82) is 0 Å². The maximum absolute atomic E-state index is 13.3. The molecule has 2 aliphatic rings. The quantitative estimate of drug-likeness (QED) is 0.369. The van der Waals surface area contributed by atoms with E-state index in [2.05, 4.69) is 21.9 Å². The summed E-state index contributed by atoms with van der Waals surface area (Å²) in [6.45, 7) is 5.77. The number of hydrogen-bond acceptors (Lipinski definition) is 9. The summed E-state index contributed by atoms with van der Waals surface area (Å²) in [5.74, 6) is 0.294. The van der Waals surface area contributed by atoms with Crippen molar-refractivity contribution in [3.63, 3.8) is 0 Å². The first-order valence-electron chi connectivity index (χ1n) is 11.6. The van der Waals surface area contributed by atoms with Crippen molar-refractivity contribution in [2.24, 2.45) is 4.99 Å². The number of fused-ring (bicyclic) bond motifs is 1. The van der Waals surface area contributed by atoms with Crippen molar-refractivity contribution in [3.05, 3.63) is 88.9 Å². The number of allylic oxidation sites excluding steroid dienone is 1. The first-order chi connectivity index (χ1) is 18.0. The third-order valence-corrected chi connectivity index (χ3v) is 6.70. The SMILES string of the molecule is C=CCOC(=O)C1=C(C)N=C2SC=C(CC(=O)NCc3ccccn3)N2[C@@H]1c1cccc(OC)c1OC. The van der Waals surface area contributed by atoms with Gasteiger partial charge in [0.05, 0.1) is 50.2 Å². The molecule has 10 heteroatoms. The van der Waals surface area contributed by atoms with Crippen LogP contribution in [0.2, 0.25) is 0 Å². The predicted octanol–water partition coefficient (Wildman–Crippen LogP) is 4.11. The fourth-order valence-corrected chi connectivity index (χ4v) is 5.15. The molecule has 4 rings (SSSR count). The molecule has 0 aliphatic carbocycles. The van der Waals surface area contributed by atoms with E-state index in [9.17, 15) is 9.59 Å². The van der Waals surface area contributed by atoms with Gasteiger partial charge in [0.1, 0.15) is 6.61 Å². The number of amidine groups is 1. The predicted molar refractivity (Wildman–Crippen MR) is 142 cm³/mol. The van der Waals surface area contributed by atoms with Crippen molar-refractivity contribution in [2.75, 3.05) is 20.8 Å². The number of esters is 1. The molecule has 0 saturated heterocycles. The third-order valence-electron chi connectivity index (χ3n) is 5.82. The summed E-state index contributed by atoms with van der Waals surface area (Å²) in [6.07, 6.45) is 3.27. The highest BCUT2D eigenvalue weighted by Crippen LogP contribution is 2.48. The van der Waals surface area contributed by atoms with E-state index in [1.165, 1.54) is 17.8 Å². The molecule has 0 unspecified atom stereocenters. The van der Waals surface area contributed by atoms with Crippen LogP contribution < -0.4 is 14.8 Å². The lowest BCUT2D eigenvalue weighted by molar-refractivity contribution is -0.138. The van der Waals surface area contributed by atoms with Gasteiger partial charge in [-0.05, 0) is 30.5 Å². The number of methoxy groups -OCH3 is 2. The molecular weight excluding hydrogens is 492 g/mol. The van der Waals surface area contributed by atoms with Crippen molar-refractivity contribution in [2.45, 2.75) is 25.9 Å². The van der Waals surface area contributed by atoms with Gasteiger partial charge in [0.25, 0.3) is 0 Å². The van der Waals surface area contributed by atoms with Gasteiger partial charge in [-0.2, -0.15) is 0 Å². The number of benzene rings is 1. The van der Waals surface area contributed by atoms with Crippen molar-refractivity contribution < 1.29 is 23.8 Å². The van der Waals surface area contributed by atoms with Crippen LogP contribution in [0.5, 0.6) is 11.5 Å². The number of pyridine rings is 1. The van der Waals surface area contributed by atoms with Crippen LogP contribution >= 0.6 is 11.8 Å². The Kier molecular flexibility index (Phi) is 8.29. The molecule has 1 amide bonds. The van der Waals surface area contributed by atoms with Crippen LogP contribution in [-0.4, -0.2) is 47.8 Å². The maximum Gasteiger partial charge on any atom is 0.338 e. The summed E-state index contributed by atoms with van der Waals surface area (Å²) in [4.78, 5) is 37.0. The van der Waals surface area contributed by atoms with Crippen molar-refractivity contribution in [3.8, 4) is 11.5 Å².